The molecule has 0 bridgehead atoms. The normalized spacial score (nSPS) is 16.0. The molecule has 3 heteroatoms. The van der Waals surface area contributed by atoms with Crippen molar-refractivity contribution in [3.63, 3.8) is 0 Å². The van der Waals surface area contributed by atoms with Crippen molar-refractivity contribution in [2.45, 2.75) is 46.1 Å². The van der Waals surface area contributed by atoms with Gasteiger partial charge in [0.2, 0.25) is 0 Å². The summed E-state index contributed by atoms with van der Waals surface area (Å²) in [4.78, 5) is 0. The lowest BCUT2D eigenvalue weighted by atomic mass is 10.1. The minimum absolute atomic E-state index is 0.676. The number of hydrogen-bond donors (Lipinski definition) is 1. The summed E-state index contributed by atoms with van der Waals surface area (Å²) in [6.07, 6.45) is 5.41. The van der Waals surface area contributed by atoms with E-state index in [4.69, 9.17) is 4.74 Å². The van der Waals surface area contributed by atoms with Gasteiger partial charge in [0.1, 0.15) is 5.75 Å². The van der Waals surface area contributed by atoms with Crippen LogP contribution in [0.3, 0.4) is 0 Å². The maximum atomic E-state index is 5.96. The van der Waals surface area contributed by atoms with E-state index in [1.54, 1.807) is 0 Å². The van der Waals surface area contributed by atoms with Crippen molar-refractivity contribution in [2.24, 2.45) is 11.8 Å². The molecular formula is C17H26BrNO. The number of benzene rings is 1. The zero-order valence-corrected chi connectivity index (χ0v) is 14.2. The summed E-state index contributed by atoms with van der Waals surface area (Å²) in [5.41, 5.74) is 1.27. The fourth-order valence-corrected chi connectivity index (χ4v) is 3.05. The molecule has 20 heavy (non-hydrogen) atoms. The van der Waals surface area contributed by atoms with Gasteiger partial charge in [0, 0.05) is 11.0 Å². The van der Waals surface area contributed by atoms with E-state index >= 15 is 0 Å². The van der Waals surface area contributed by atoms with Gasteiger partial charge < -0.3 is 10.1 Å². The van der Waals surface area contributed by atoms with E-state index in [2.05, 4.69) is 53.3 Å². The number of rotatable bonds is 7. The average molecular weight is 340 g/mol. The van der Waals surface area contributed by atoms with Gasteiger partial charge in [-0.3, -0.25) is 0 Å². The molecule has 1 saturated carbocycles. The van der Waals surface area contributed by atoms with Gasteiger partial charge in [-0.2, -0.15) is 0 Å². The van der Waals surface area contributed by atoms with E-state index in [0.717, 1.165) is 35.8 Å². The fourth-order valence-electron chi connectivity index (χ4n) is 2.66. The van der Waals surface area contributed by atoms with Crippen LogP contribution >= 0.6 is 15.9 Å². The van der Waals surface area contributed by atoms with Crippen LogP contribution in [-0.4, -0.2) is 13.2 Å². The van der Waals surface area contributed by atoms with E-state index < -0.39 is 0 Å². The Kier molecular flexibility index (Phi) is 6.37. The van der Waals surface area contributed by atoms with Crippen LogP contribution in [0.1, 0.15) is 45.1 Å². The first-order valence-electron chi connectivity index (χ1n) is 7.77. The van der Waals surface area contributed by atoms with Gasteiger partial charge in [-0.05, 0) is 55.0 Å². The van der Waals surface area contributed by atoms with Gasteiger partial charge in [-0.25, -0.2) is 0 Å². The monoisotopic (exact) mass is 339 g/mol. The second-order valence-corrected chi connectivity index (χ2v) is 7.09. The molecule has 0 unspecified atom stereocenters. The quantitative estimate of drug-likeness (QED) is 0.772. The summed E-state index contributed by atoms with van der Waals surface area (Å²) in [5, 5.41) is 3.48. The summed E-state index contributed by atoms with van der Waals surface area (Å²) in [6.45, 7) is 7.26. The van der Waals surface area contributed by atoms with E-state index in [1.165, 1.54) is 31.2 Å². The molecule has 112 valence electrons. The van der Waals surface area contributed by atoms with Gasteiger partial charge >= 0.3 is 0 Å². The largest absolute Gasteiger partial charge is 0.493 e. The van der Waals surface area contributed by atoms with Crippen molar-refractivity contribution in [1.82, 2.24) is 5.32 Å². The SMILES string of the molecule is CC(C)CNCc1cc(OCC2CCCC2)ccc1Br. The molecule has 1 aliphatic carbocycles. The lowest BCUT2D eigenvalue weighted by molar-refractivity contribution is 0.252. The molecule has 0 heterocycles. The summed E-state index contributed by atoms with van der Waals surface area (Å²) in [6, 6.07) is 6.31. The molecule has 1 N–H and O–H groups in total. The Hall–Kier alpha value is -0.540. The highest BCUT2D eigenvalue weighted by molar-refractivity contribution is 9.10. The third-order valence-electron chi connectivity index (χ3n) is 3.85. The molecule has 0 radical (unpaired) electrons. The minimum Gasteiger partial charge on any atom is -0.493 e. The van der Waals surface area contributed by atoms with Gasteiger partial charge in [-0.1, -0.05) is 42.6 Å². The summed E-state index contributed by atoms with van der Waals surface area (Å²) >= 11 is 3.62. The highest BCUT2D eigenvalue weighted by Crippen LogP contribution is 2.27. The number of ether oxygens (including phenoxy) is 1. The van der Waals surface area contributed by atoms with Crippen molar-refractivity contribution in [2.75, 3.05) is 13.2 Å². The van der Waals surface area contributed by atoms with Crippen molar-refractivity contribution in [3.05, 3.63) is 28.2 Å². The molecule has 0 aliphatic heterocycles. The van der Waals surface area contributed by atoms with Gasteiger partial charge in [0.25, 0.3) is 0 Å². The predicted molar refractivity (Wildman–Crippen MR) is 88.1 cm³/mol. The lowest BCUT2D eigenvalue weighted by Crippen LogP contribution is -2.19. The van der Waals surface area contributed by atoms with Gasteiger partial charge in [-0.15, -0.1) is 0 Å². The Morgan fingerprint density at radius 3 is 2.75 bits per heavy atom. The van der Waals surface area contributed by atoms with E-state index in [1.807, 2.05) is 0 Å². The van der Waals surface area contributed by atoms with Gasteiger partial charge in [0.05, 0.1) is 6.61 Å². The molecule has 1 aliphatic rings. The lowest BCUT2D eigenvalue weighted by Gasteiger charge is -2.14. The molecule has 2 nitrogen and oxygen atoms in total. The van der Waals surface area contributed by atoms with Crippen LogP contribution < -0.4 is 10.1 Å². The maximum Gasteiger partial charge on any atom is 0.119 e. The topological polar surface area (TPSA) is 21.3 Å². The Labute approximate surface area is 131 Å². The van der Waals surface area contributed by atoms with Crippen LogP contribution in [0.2, 0.25) is 0 Å². The second-order valence-electron chi connectivity index (χ2n) is 6.24. The molecule has 0 atom stereocenters. The first-order valence-corrected chi connectivity index (χ1v) is 8.56. The zero-order chi connectivity index (χ0) is 14.4. The standard InChI is InChI=1S/C17H26BrNO/c1-13(2)10-19-11-15-9-16(7-8-17(15)18)20-12-14-5-3-4-6-14/h7-9,13-14,19H,3-6,10-12H2,1-2H3. The molecule has 1 aromatic rings. The highest BCUT2D eigenvalue weighted by Gasteiger charge is 2.15. The summed E-state index contributed by atoms with van der Waals surface area (Å²) in [7, 11) is 0. The Morgan fingerprint density at radius 2 is 2.05 bits per heavy atom. The molecule has 0 spiro atoms. The molecule has 1 fully saturated rings. The number of nitrogens with one attached hydrogen (secondary N) is 1. The predicted octanol–water partition coefficient (Wildman–Crippen LogP) is 4.76. The van der Waals surface area contributed by atoms with Crippen LogP contribution in [0, 0.1) is 11.8 Å². The fraction of sp³-hybridized carbons (Fsp3) is 0.647. The van der Waals surface area contributed by atoms with Crippen LogP contribution in [0.15, 0.2) is 22.7 Å². The van der Waals surface area contributed by atoms with Crippen molar-refractivity contribution in [3.8, 4) is 5.75 Å². The van der Waals surface area contributed by atoms with Crippen LogP contribution in [0.4, 0.5) is 0 Å². The molecule has 0 amide bonds. The van der Waals surface area contributed by atoms with Crippen LogP contribution in [0.5, 0.6) is 5.75 Å². The first-order chi connectivity index (χ1) is 9.65. The minimum atomic E-state index is 0.676. The van der Waals surface area contributed by atoms with Crippen molar-refractivity contribution >= 4 is 15.9 Å². The maximum absolute atomic E-state index is 5.96. The van der Waals surface area contributed by atoms with Gasteiger partial charge in [0.15, 0.2) is 0 Å². The van der Waals surface area contributed by atoms with E-state index in [9.17, 15) is 0 Å². The van der Waals surface area contributed by atoms with Crippen molar-refractivity contribution in [1.29, 1.82) is 0 Å². The molecule has 2 rings (SSSR count). The second kappa shape index (κ2) is 8.04. The van der Waals surface area contributed by atoms with Crippen LogP contribution in [0.25, 0.3) is 0 Å². The Balaban J connectivity index is 1.86. The van der Waals surface area contributed by atoms with E-state index in [-0.39, 0.29) is 0 Å². The Morgan fingerprint density at radius 1 is 1.30 bits per heavy atom. The highest BCUT2D eigenvalue weighted by atomic mass is 79.9. The number of halogens is 1. The van der Waals surface area contributed by atoms with Crippen LogP contribution in [-0.2, 0) is 6.54 Å². The van der Waals surface area contributed by atoms with E-state index in [0.29, 0.717) is 5.92 Å². The Bertz CT molecular complexity index is 413. The summed E-state index contributed by atoms with van der Waals surface area (Å²) < 4.78 is 7.12. The van der Waals surface area contributed by atoms with Crippen molar-refractivity contribution < 1.29 is 4.74 Å². The molecular weight excluding hydrogens is 314 g/mol. The molecule has 0 aromatic heterocycles. The number of hydrogen-bond acceptors (Lipinski definition) is 2. The third kappa shape index (κ3) is 5.10. The first kappa shape index (κ1) is 15.8. The zero-order valence-electron chi connectivity index (χ0n) is 12.6. The smallest absolute Gasteiger partial charge is 0.119 e. The molecule has 1 aromatic carbocycles. The average Bonchev–Trinajstić information content (AvgIpc) is 2.92. The summed E-state index contributed by atoms with van der Waals surface area (Å²) in [5.74, 6) is 2.44. The molecule has 0 saturated heterocycles. The third-order valence-corrected chi connectivity index (χ3v) is 4.62.